The van der Waals surface area contributed by atoms with Gasteiger partial charge in [-0.05, 0) is 32.4 Å². The third kappa shape index (κ3) is 3.12. The average Bonchev–Trinajstić information content (AvgIpc) is 2.48. The minimum absolute atomic E-state index is 0.0293. The Balaban J connectivity index is 2.60. The van der Waals surface area contributed by atoms with E-state index in [-0.39, 0.29) is 23.9 Å². The van der Waals surface area contributed by atoms with E-state index in [1.807, 2.05) is 13.8 Å². The SMILES string of the molecule is CCOC(=O)C1=C(c2ccc(Cl)cc2)N=C(C)C(CC)C1=O. The van der Waals surface area contributed by atoms with Crippen molar-refractivity contribution in [2.45, 2.75) is 27.2 Å². The predicted octanol–water partition coefficient (Wildman–Crippen LogP) is 3.68. The molecule has 0 fully saturated rings. The third-order valence-electron chi connectivity index (χ3n) is 3.60. The van der Waals surface area contributed by atoms with Crippen LogP contribution >= 0.6 is 11.6 Å². The Kier molecular flexibility index (Phi) is 5.14. The highest BCUT2D eigenvalue weighted by molar-refractivity contribution is 6.31. The van der Waals surface area contributed by atoms with Crippen LogP contribution in [0.2, 0.25) is 5.02 Å². The Morgan fingerprint density at radius 2 is 1.91 bits per heavy atom. The molecule has 1 aliphatic heterocycles. The van der Waals surface area contributed by atoms with Gasteiger partial charge in [-0.15, -0.1) is 0 Å². The molecule has 1 unspecified atom stereocenters. The second kappa shape index (κ2) is 6.88. The van der Waals surface area contributed by atoms with Gasteiger partial charge in [0.15, 0.2) is 5.78 Å². The molecule has 1 atom stereocenters. The van der Waals surface area contributed by atoms with Crippen LogP contribution in [0.5, 0.6) is 0 Å². The van der Waals surface area contributed by atoms with Crippen LogP contribution in [0.4, 0.5) is 0 Å². The number of carbonyl (C=O) groups excluding carboxylic acids is 2. The summed E-state index contributed by atoms with van der Waals surface area (Å²) in [6, 6.07) is 6.89. The van der Waals surface area contributed by atoms with Gasteiger partial charge in [-0.2, -0.15) is 0 Å². The highest BCUT2D eigenvalue weighted by atomic mass is 35.5. The molecule has 0 bridgehead atoms. The van der Waals surface area contributed by atoms with Gasteiger partial charge < -0.3 is 4.74 Å². The van der Waals surface area contributed by atoms with E-state index in [1.54, 1.807) is 31.2 Å². The number of Topliss-reactive ketones (excluding diaryl/α,β-unsaturated/α-hetero) is 1. The molecule has 2 rings (SSSR count). The number of ether oxygens (including phenoxy) is 1. The first-order valence-corrected chi connectivity index (χ1v) is 7.64. The van der Waals surface area contributed by atoms with Gasteiger partial charge in [0, 0.05) is 16.3 Å². The summed E-state index contributed by atoms with van der Waals surface area (Å²) in [5.74, 6) is -1.21. The molecule has 0 saturated carbocycles. The van der Waals surface area contributed by atoms with Gasteiger partial charge in [-0.3, -0.25) is 9.79 Å². The summed E-state index contributed by atoms with van der Waals surface area (Å²) in [7, 11) is 0. The van der Waals surface area contributed by atoms with Gasteiger partial charge in [0.2, 0.25) is 0 Å². The van der Waals surface area contributed by atoms with E-state index in [4.69, 9.17) is 16.3 Å². The molecule has 1 aromatic carbocycles. The zero-order chi connectivity index (χ0) is 16.3. The Bertz CT molecular complexity index is 659. The molecule has 5 heteroatoms. The van der Waals surface area contributed by atoms with Crippen molar-refractivity contribution in [3.05, 3.63) is 40.4 Å². The summed E-state index contributed by atoms with van der Waals surface area (Å²) in [5.41, 5.74) is 1.78. The summed E-state index contributed by atoms with van der Waals surface area (Å²) in [5, 5.41) is 0.580. The Morgan fingerprint density at radius 3 is 2.45 bits per heavy atom. The van der Waals surface area contributed by atoms with Crippen molar-refractivity contribution in [3.8, 4) is 0 Å². The third-order valence-corrected chi connectivity index (χ3v) is 3.85. The Hall–Kier alpha value is -1.94. The van der Waals surface area contributed by atoms with Crippen molar-refractivity contribution in [1.82, 2.24) is 0 Å². The highest BCUT2D eigenvalue weighted by Gasteiger charge is 2.35. The molecule has 0 radical (unpaired) electrons. The number of carbonyl (C=O) groups is 2. The maximum Gasteiger partial charge on any atom is 0.344 e. The Morgan fingerprint density at radius 1 is 1.27 bits per heavy atom. The van der Waals surface area contributed by atoms with Crippen molar-refractivity contribution >= 4 is 34.8 Å². The summed E-state index contributed by atoms with van der Waals surface area (Å²) >= 11 is 5.89. The summed E-state index contributed by atoms with van der Waals surface area (Å²) in [6.07, 6.45) is 0.602. The zero-order valence-corrected chi connectivity index (χ0v) is 13.6. The van der Waals surface area contributed by atoms with Gasteiger partial charge in [0.1, 0.15) is 5.57 Å². The summed E-state index contributed by atoms with van der Waals surface area (Å²) in [4.78, 5) is 29.4. The number of ketones is 1. The maximum atomic E-state index is 12.7. The van der Waals surface area contributed by atoms with E-state index in [0.717, 1.165) is 0 Å². The van der Waals surface area contributed by atoms with Crippen LogP contribution in [0.3, 0.4) is 0 Å². The van der Waals surface area contributed by atoms with E-state index < -0.39 is 5.97 Å². The van der Waals surface area contributed by atoms with E-state index >= 15 is 0 Å². The number of hydrogen-bond donors (Lipinski definition) is 0. The standard InChI is InChI=1S/C17H18ClNO3/c1-4-13-10(3)19-15(11-6-8-12(18)9-7-11)14(16(13)20)17(21)22-5-2/h6-9,13H,4-5H2,1-3H3. The minimum Gasteiger partial charge on any atom is -0.462 e. The fourth-order valence-corrected chi connectivity index (χ4v) is 2.61. The number of nitrogens with zero attached hydrogens (tertiary/aromatic N) is 1. The molecule has 4 nitrogen and oxygen atoms in total. The molecular formula is C17H18ClNO3. The number of halogens is 1. The van der Waals surface area contributed by atoms with Gasteiger partial charge in [-0.1, -0.05) is 30.7 Å². The lowest BCUT2D eigenvalue weighted by molar-refractivity contribution is -0.140. The molecule has 0 spiro atoms. The topological polar surface area (TPSA) is 55.7 Å². The fraction of sp³-hybridized carbons (Fsp3) is 0.353. The van der Waals surface area contributed by atoms with Crippen molar-refractivity contribution < 1.29 is 14.3 Å². The molecule has 0 N–H and O–H groups in total. The van der Waals surface area contributed by atoms with Crippen LogP contribution in [0, 0.1) is 5.92 Å². The molecule has 0 aliphatic carbocycles. The molecule has 1 aromatic rings. The van der Waals surface area contributed by atoms with Crippen molar-refractivity contribution in [2.24, 2.45) is 10.9 Å². The number of aliphatic imine (C=N–C) groups is 1. The van der Waals surface area contributed by atoms with E-state index in [9.17, 15) is 9.59 Å². The van der Waals surface area contributed by atoms with Gasteiger partial charge in [0.05, 0.1) is 18.2 Å². The second-order valence-corrected chi connectivity index (χ2v) is 5.47. The number of benzene rings is 1. The predicted molar refractivity (Wildman–Crippen MR) is 86.9 cm³/mol. The molecule has 0 saturated heterocycles. The maximum absolute atomic E-state index is 12.7. The molecule has 0 aromatic heterocycles. The first-order valence-electron chi connectivity index (χ1n) is 7.26. The largest absolute Gasteiger partial charge is 0.462 e. The summed E-state index contributed by atoms with van der Waals surface area (Å²) < 4.78 is 5.04. The highest BCUT2D eigenvalue weighted by Crippen LogP contribution is 2.31. The smallest absolute Gasteiger partial charge is 0.344 e. The van der Waals surface area contributed by atoms with Crippen molar-refractivity contribution in [2.75, 3.05) is 6.61 Å². The molecule has 116 valence electrons. The molecule has 22 heavy (non-hydrogen) atoms. The van der Waals surface area contributed by atoms with E-state index in [2.05, 4.69) is 4.99 Å². The lowest BCUT2D eigenvalue weighted by Gasteiger charge is -2.22. The van der Waals surface area contributed by atoms with E-state index in [1.165, 1.54) is 0 Å². The first-order chi connectivity index (χ1) is 10.5. The quantitative estimate of drug-likeness (QED) is 0.628. The lowest BCUT2D eigenvalue weighted by Crippen LogP contribution is -2.31. The van der Waals surface area contributed by atoms with Crippen LogP contribution < -0.4 is 0 Å². The summed E-state index contributed by atoms with van der Waals surface area (Å²) in [6.45, 7) is 5.63. The minimum atomic E-state index is -0.618. The average molecular weight is 320 g/mol. The van der Waals surface area contributed by atoms with Crippen LogP contribution in [0.25, 0.3) is 5.70 Å². The number of rotatable bonds is 4. The van der Waals surface area contributed by atoms with Crippen molar-refractivity contribution in [3.63, 3.8) is 0 Å². The molecular weight excluding hydrogens is 302 g/mol. The van der Waals surface area contributed by atoms with Crippen LogP contribution in [-0.4, -0.2) is 24.1 Å². The fourth-order valence-electron chi connectivity index (χ4n) is 2.49. The van der Waals surface area contributed by atoms with Gasteiger partial charge in [0.25, 0.3) is 0 Å². The number of hydrogen-bond acceptors (Lipinski definition) is 4. The molecule has 1 aliphatic rings. The monoisotopic (exact) mass is 319 g/mol. The Labute approximate surface area is 134 Å². The van der Waals surface area contributed by atoms with Crippen molar-refractivity contribution in [1.29, 1.82) is 0 Å². The lowest BCUT2D eigenvalue weighted by atomic mass is 9.86. The van der Waals surface area contributed by atoms with Crippen LogP contribution in [-0.2, 0) is 14.3 Å². The van der Waals surface area contributed by atoms with Crippen LogP contribution in [0.1, 0.15) is 32.8 Å². The number of esters is 1. The first kappa shape index (κ1) is 16.4. The van der Waals surface area contributed by atoms with Crippen LogP contribution in [0.15, 0.2) is 34.8 Å². The second-order valence-electron chi connectivity index (χ2n) is 5.03. The van der Waals surface area contributed by atoms with E-state index in [0.29, 0.717) is 28.4 Å². The van der Waals surface area contributed by atoms with Gasteiger partial charge >= 0.3 is 5.97 Å². The normalized spacial score (nSPS) is 18.3. The van der Waals surface area contributed by atoms with Gasteiger partial charge in [-0.25, -0.2) is 4.79 Å². The molecule has 1 heterocycles. The molecule has 0 amide bonds. The zero-order valence-electron chi connectivity index (χ0n) is 12.9.